The van der Waals surface area contributed by atoms with Gasteiger partial charge in [0.25, 0.3) is 11.7 Å². The molecule has 0 radical (unpaired) electrons. The van der Waals surface area contributed by atoms with Crippen LogP contribution in [0.2, 0.25) is 10.0 Å². The van der Waals surface area contributed by atoms with Crippen LogP contribution < -0.4 is 0 Å². The maximum absolute atomic E-state index is 12.4. The molecular weight excluding hydrogens is 365 g/mol. The number of ether oxygens (including phenoxy) is 1. The second-order valence-corrected chi connectivity index (χ2v) is 8.22. The molecule has 0 amide bonds. The van der Waals surface area contributed by atoms with Crippen molar-refractivity contribution in [3.8, 4) is 0 Å². The van der Waals surface area contributed by atoms with E-state index in [0.717, 1.165) is 4.31 Å². The molecule has 6 nitrogen and oxygen atoms in total. The van der Waals surface area contributed by atoms with Crippen LogP contribution >= 0.6 is 23.2 Å². The van der Waals surface area contributed by atoms with E-state index in [1.54, 1.807) is 0 Å². The highest BCUT2D eigenvalue weighted by atomic mass is 35.5. The van der Waals surface area contributed by atoms with Crippen LogP contribution in [0.15, 0.2) is 29.8 Å². The molecule has 1 unspecified atom stereocenters. The Hall–Kier alpha value is -1.44. The van der Waals surface area contributed by atoms with E-state index in [2.05, 4.69) is 0 Å². The summed E-state index contributed by atoms with van der Waals surface area (Å²) in [6.07, 6.45) is 0. The number of ketones is 1. The van der Waals surface area contributed by atoms with Gasteiger partial charge in [0.05, 0.1) is 15.8 Å². The molecule has 0 bridgehead atoms. The van der Waals surface area contributed by atoms with Crippen LogP contribution in [-0.2, 0) is 25.2 Å². The second kappa shape index (κ2) is 5.89. The molecule has 0 aliphatic carbocycles. The smallest absolute Gasteiger partial charge is 0.251 e. The van der Waals surface area contributed by atoms with Gasteiger partial charge in [-0.2, -0.15) is 0 Å². The lowest BCUT2D eigenvalue weighted by Crippen LogP contribution is -2.33. The summed E-state index contributed by atoms with van der Waals surface area (Å²) in [5.41, 5.74) is -1.24. The summed E-state index contributed by atoms with van der Waals surface area (Å²) in [4.78, 5) is 12.4. The van der Waals surface area contributed by atoms with Crippen molar-refractivity contribution < 1.29 is 23.1 Å². The van der Waals surface area contributed by atoms with Gasteiger partial charge in [-0.1, -0.05) is 29.3 Å². The molecule has 1 aromatic rings. The van der Waals surface area contributed by atoms with Crippen molar-refractivity contribution in [1.82, 2.24) is 4.31 Å². The topological polar surface area (TPSA) is 83.9 Å². The van der Waals surface area contributed by atoms with Crippen molar-refractivity contribution in [3.63, 3.8) is 0 Å². The highest BCUT2D eigenvalue weighted by Gasteiger charge is 2.50. The second-order valence-electron chi connectivity index (χ2n) is 5.12. The van der Waals surface area contributed by atoms with Crippen molar-refractivity contribution in [2.75, 3.05) is 12.8 Å². The molecule has 0 fully saturated rings. The lowest BCUT2D eigenvalue weighted by Gasteiger charge is -2.26. The monoisotopic (exact) mass is 379 g/mol. The molecule has 2 rings (SSSR count). The normalized spacial score (nSPS) is 21.5. The zero-order valence-electron chi connectivity index (χ0n) is 12.6. The molecule has 1 aliphatic heterocycles. The number of benzene rings is 1. The summed E-state index contributed by atoms with van der Waals surface area (Å²) < 4.78 is 30.2. The minimum Gasteiger partial charge on any atom is -0.501 e. The number of nitrogens with zero attached hydrogens (tertiary/aromatic N) is 1. The average molecular weight is 380 g/mol. The number of rotatable bonds is 4. The molecular formula is C14H15Cl2NO5S. The van der Waals surface area contributed by atoms with Crippen LogP contribution in [0.25, 0.3) is 0 Å². The number of aliphatic hydroxyl groups excluding tert-OH is 1. The van der Waals surface area contributed by atoms with Crippen LogP contribution in [0.5, 0.6) is 0 Å². The Morgan fingerprint density at radius 3 is 2.43 bits per heavy atom. The zero-order chi connectivity index (χ0) is 17.6. The van der Waals surface area contributed by atoms with Crippen molar-refractivity contribution in [1.29, 1.82) is 0 Å². The molecule has 0 saturated heterocycles. The van der Waals surface area contributed by atoms with Crippen molar-refractivity contribution in [3.05, 3.63) is 45.5 Å². The Morgan fingerprint density at radius 1 is 1.30 bits per heavy atom. The molecule has 9 heteroatoms. The number of carbonyl (C=O) groups excluding carboxylic acids is 1. The quantitative estimate of drug-likeness (QED) is 0.869. The first-order valence-electron chi connectivity index (χ1n) is 6.63. The van der Waals surface area contributed by atoms with Gasteiger partial charge in [0.1, 0.15) is 0 Å². The van der Waals surface area contributed by atoms with E-state index < -0.39 is 33.0 Å². The third kappa shape index (κ3) is 2.88. The number of Topliss-reactive ketones (excluding diaryl/α,β-unsaturated/α-hetero) is 1. The van der Waals surface area contributed by atoms with Gasteiger partial charge in [0, 0.05) is 12.6 Å². The first-order chi connectivity index (χ1) is 10.5. The van der Waals surface area contributed by atoms with E-state index >= 15 is 0 Å². The summed E-state index contributed by atoms with van der Waals surface area (Å²) in [5.74, 6) is -2.13. The molecule has 0 saturated carbocycles. The molecule has 1 atom stereocenters. The highest BCUT2D eigenvalue weighted by Crippen LogP contribution is 2.40. The Kier molecular flexibility index (Phi) is 4.58. The fraction of sp³-hybridized carbons (Fsp3) is 0.357. The average Bonchev–Trinajstić information content (AvgIpc) is 2.74. The van der Waals surface area contributed by atoms with Gasteiger partial charge in [0.15, 0.2) is 5.60 Å². The van der Waals surface area contributed by atoms with Crippen molar-refractivity contribution in [2.24, 2.45) is 0 Å². The number of aliphatic hydroxyl groups is 1. The molecule has 23 heavy (non-hydrogen) atoms. The predicted molar refractivity (Wildman–Crippen MR) is 86.8 cm³/mol. The Labute approximate surface area is 144 Å². The van der Waals surface area contributed by atoms with Crippen molar-refractivity contribution in [2.45, 2.75) is 19.4 Å². The number of sulfonamides is 1. The molecule has 1 aromatic carbocycles. The van der Waals surface area contributed by atoms with E-state index in [9.17, 15) is 18.3 Å². The number of hydrogen-bond acceptors (Lipinski definition) is 5. The third-order valence-corrected chi connectivity index (χ3v) is 6.16. The summed E-state index contributed by atoms with van der Waals surface area (Å²) in [6, 6.07) is 4.45. The van der Waals surface area contributed by atoms with Gasteiger partial charge in [-0.25, -0.2) is 12.7 Å². The fourth-order valence-electron chi connectivity index (χ4n) is 2.13. The lowest BCUT2D eigenvalue weighted by molar-refractivity contribution is -0.132. The Morgan fingerprint density at radius 2 is 1.91 bits per heavy atom. The largest absolute Gasteiger partial charge is 0.501 e. The van der Waals surface area contributed by atoms with Gasteiger partial charge in [-0.15, -0.1) is 0 Å². The molecule has 0 aromatic heterocycles. The maximum atomic E-state index is 12.4. The van der Waals surface area contributed by atoms with Crippen LogP contribution in [0.4, 0.5) is 0 Å². The maximum Gasteiger partial charge on any atom is 0.251 e. The molecule has 1 N–H and O–H groups in total. The van der Waals surface area contributed by atoms with Gasteiger partial charge >= 0.3 is 0 Å². The standard InChI is InChI=1S/C14H15Cl2NO5S/c1-4-23(20,21)17(3)13-11(18)12(19)14(2,22-13)8-5-6-9(15)10(16)7-8/h5-7,18H,4H2,1-3H3. The van der Waals surface area contributed by atoms with Crippen LogP contribution in [-0.4, -0.2) is 36.4 Å². The summed E-state index contributed by atoms with van der Waals surface area (Å²) in [7, 11) is -2.49. The number of hydrogen-bond donors (Lipinski definition) is 1. The minimum atomic E-state index is -3.69. The van der Waals surface area contributed by atoms with E-state index in [-0.39, 0.29) is 10.8 Å². The fourth-order valence-corrected chi connectivity index (χ4v) is 3.19. The predicted octanol–water partition coefficient (Wildman–Crippen LogP) is 2.82. The van der Waals surface area contributed by atoms with Crippen LogP contribution in [0, 0.1) is 0 Å². The summed E-state index contributed by atoms with van der Waals surface area (Å²) in [5, 5.41) is 10.6. The van der Waals surface area contributed by atoms with Gasteiger partial charge in [-0.3, -0.25) is 4.79 Å². The highest BCUT2D eigenvalue weighted by molar-refractivity contribution is 7.89. The zero-order valence-corrected chi connectivity index (χ0v) is 15.0. The first kappa shape index (κ1) is 17.9. The van der Waals surface area contributed by atoms with Crippen LogP contribution in [0.1, 0.15) is 19.4 Å². The first-order valence-corrected chi connectivity index (χ1v) is 9.00. The van der Waals surface area contributed by atoms with Crippen LogP contribution in [0.3, 0.4) is 0 Å². The van der Waals surface area contributed by atoms with E-state index in [4.69, 9.17) is 27.9 Å². The van der Waals surface area contributed by atoms with Gasteiger partial charge < -0.3 is 9.84 Å². The Bertz CT molecular complexity index is 805. The summed E-state index contributed by atoms with van der Waals surface area (Å²) >= 11 is 11.8. The van der Waals surface area contributed by atoms with Gasteiger partial charge in [0.2, 0.25) is 15.8 Å². The molecule has 1 aliphatic rings. The van der Waals surface area contributed by atoms with Gasteiger partial charge in [-0.05, 0) is 26.0 Å². The van der Waals surface area contributed by atoms with E-state index in [1.807, 2.05) is 0 Å². The minimum absolute atomic E-state index is 0.207. The van der Waals surface area contributed by atoms with E-state index in [0.29, 0.717) is 10.6 Å². The molecule has 1 heterocycles. The SMILES string of the molecule is CCS(=O)(=O)N(C)C1=C(O)C(=O)C(C)(c2ccc(Cl)c(Cl)c2)O1. The number of carbonyl (C=O) groups is 1. The molecule has 126 valence electrons. The lowest BCUT2D eigenvalue weighted by atomic mass is 9.92. The Balaban J connectivity index is 2.47. The molecule has 0 spiro atoms. The summed E-state index contributed by atoms with van der Waals surface area (Å²) in [6.45, 7) is 2.86. The van der Waals surface area contributed by atoms with Crippen molar-refractivity contribution >= 4 is 39.0 Å². The number of halogens is 2. The third-order valence-electron chi connectivity index (χ3n) is 3.69. The van der Waals surface area contributed by atoms with E-state index in [1.165, 1.54) is 39.1 Å².